The van der Waals surface area contributed by atoms with E-state index in [2.05, 4.69) is 0 Å². The molecule has 2 nitrogen and oxygen atoms in total. The summed E-state index contributed by atoms with van der Waals surface area (Å²) in [7, 11) is 1.59. The lowest BCUT2D eigenvalue weighted by Crippen LogP contribution is -2.47. The Morgan fingerprint density at radius 3 is 2.65 bits per heavy atom. The number of hydrogen-bond acceptors (Lipinski definition) is 2. The third-order valence-electron chi connectivity index (χ3n) is 3.44. The van der Waals surface area contributed by atoms with E-state index in [0.717, 1.165) is 24.8 Å². The first-order chi connectivity index (χ1) is 8.09. The lowest BCUT2D eigenvalue weighted by molar-refractivity contribution is -0.151. The van der Waals surface area contributed by atoms with Gasteiger partial charge in [0.1, 0.15) is 5.60 Å². The van der Waals surface area contributed by atoms with Gasteiger partial charge in [-0.2, -0.15) is 0 Å². The van der Waals surface area contributed by atoms with E-state index in [1.165, 1.54) is 0 Å². The van der Waals surface area contributed by atoms with Crippen LogP contribution in [-0.4, -0.2) is 18.5 Å². The van der Waals surface area contributed by atoms with E-state index in [1.54, 1.807) is 19.2 Å². The molecule has 17 heavy (non-hydrogen) atoms. The maximum atomic E-state index is 12.2. The Labute approximate surface area is 111 Å². The van der Waals surface area contributed by atoms with E-state index in [-0.39, 0.29) is 12.2 Å². The predicted octanol–water partition coefficient (Wildman–Crippen LogP) is 3.67. The molecular formula is C13H14Cl2O2. The first-order valence-corrected chi connectivity index (χ1v) is 6.36. The van der Waals surface area contributed by atoms with E-state index in [9.17, 15) is 4.79 Å². The fourth-order valence-corrected chi connectivity index (χ4v) is 2.50. The number of carbonyl (C=O) groups excluding carboxylic acids is 1. The van der Waals surface area contributed by atoms with Crippen molar-refractivity contribution in [2.45, 2.75) is 31.3 Å². The Bertz CT molecular complexity index is 434. The summed E-state index contributed by atoms with van der Waals surface area (Å²) in [5.41, 5.74) is 0.193. The Morgan fingerprint density at radius 1 is 1.41 bits per heavy atom. The number of Topliss-reactive ketones (excluding diaryl/α,β-unsaturated/α-hetero) is 1. The van der Waals surface area contributed by atoms with Gasteiger partial charge >= 0.3 is 0 Å². The summed E-state index contributed by atoms with van der Waals surface area (Å²) in [6, 6.07) is 5.35. The third kappa shape index (κ3) is 2.35. The summed E-state index contributed by atoms with van der Waals surface area (Å²) < 4.78 is 5.35. The number of ketones is 1. The largest absolute Gasteiger partial charge is 0.370 e. The van der Waals surface area contributed by atoms with Crippen LogP contribution in [0.5, 0.6) is 0 Å². The van der Waals surface area contributed by atoms with Crippen LogP contribution in [-0.2, 0) is 16.0 Å². The number of carbonyl (C=O) groups is 1. The minimum atomic E-state index is -0.578. The first-order valence-electron chi connectivity index (χ1n) is 5.60. The Balaban J connectivity index is 2.16. The minimum Gasteiger partial charge on any atom is -0.370 e. The molecule has 92 valence electrons. The molecule has 1 aliphatic rings. The Morgan fingerprint density at radius 2 is 2.12 bits per heavy atom. The van der Waals surface area contributed by atoms with Gasteiger partial charge in [0, 0.05) is 13.5 Å². The number of methoxy groups -OCH3 is 1. The fraction of sp³-hybridized carbons (Fsp3) is 0.462. The predicted molar refractivity (Wildman–Crippen MR) is 68.8 cm³/mol. The molecule has 1 fully saturated rings. The van der Waals surface area contributed by atoms with Gasteiger partial charge in [-0.05, 0) is 30.9 Å². The zero-order valence-corrected chi connectivity index (χ0v) is 11.1. The van der Waals surface area contributed by atoms with E-state index < -0.39 is 5.60 Å². The van der Waals surface area contributed by atoms with Crippen LogP contribution in [0, 0.1) is 0 Å². The quantitative estimate of drug-likeness (QED) is 0.836. The number of benzene rings is 1. The minimum absolute atomic E-state index is 0.0930. The molecule has 0 heterocycles. The fourth-order valence-electron chi connectivity index (χ4n) is 2.11. The molecule has 0 aromatic heterocycles. The van der Waals surface area contributed by atoms with Crippen molar-refractivity contribution in [1.82, 2.24) is 0 Å². The Kier molecular flexibility index (Phi) is 3.76. The van der Waals surface area contributed by atoms with Crippen molar-refractivity contribution in [2.24, 2.45) is 0 Å². The van der Waals surface area contributed by atoms with E-state index in [0.29, 0.717) is 10.0 Å². The lowest BCUT2D eigenvalue weighted by atomic mass is 9.75. The molecule has 0 saturated heterocycles. The summed E-state index contributed by atoms with van der Waals surface area (Å²) in [5, 5.41) is 0.949. The van der Waals surface area contributed by atoms with Crippen LogP contribution in [0.15, 0.2) is 18.2 Å². The van der Waals surface area contributed by atoms with Gasteiger partial charge in [0.2, 0.25) is 0 Å². The Hall–Kier alpha value is -0.570. The topological polar surface area (TPSA) is 26.3 Å². The number of ether oxygens (including phenoxy) is 1. The highest BCUT2D eigenvalue weighted by Gasteiger charge is 2.43. The smallest absolute Gasteiger partial charge is 0.169 e. The van der Waals surface area contributed by atoms with Gasteiger partial charge in [-0.1, -0.05) is 35.3 Å². The van der Waals surface area contributed by atoms with Crippen LogP contribution in [0.1, 0.15) is 24.8 Å². The number of halogens is 2. The molecule has 0 amide bonds. The summed E-state index contributed by atoms with van der Waals surface area (Å²) >= 11 is 12.0. The maximum absolute atomic E-state index is 12.2. The molecule has 0 bridgehead atoms. The van der Waals surface area contributed by atoms with Crippen molar-refractivity contribution in [3.05, 3.63) is 33.8 Å². The summed E-state index contributed by atoms with van der Waals surface area (Å²) in [6.45, 7) is 0. The van der Waals surface area contributed by atoms with Gasteiger partial charge in [0.15, 0.2) is 5.78 Å². The van der Waals surface area contributed by atoms with Crippen molar-refractivity contribution >= 4 is 29.0 Å². The molecule has 1 aliphatic carbocycles. The molecular weight excluding hydrogens is 259 g/mol. The highest BCUT2D eigenvalue weighted by molar-refractivity contribution is 6.42. The highest BCUT2D eigenvalue weighted by Crippen LogP contribution is 2.37. The molecule has 4 heteroatoms. The lowest BCUT2D eigenvalue weighted by Gasteiger charge is -2.38. The van der Waals surface area contributed by atoms with E-state index in [4.69, 9.17) is 27.9 Å². The second-order valence-corrected chi connectivity index (χ2v) is 5.15. The van der Waals surface area contributed by atoms with Crippen molar-refractivity contribution in [3.63, 3.8) is 0 Å². The standard InChI is InChI=1S/C13H14Cl2O2/c1-17-13(6-3-7-13)11(16)8-9-4-2-5-10(14)12(9)15/h2,4-5H,3,6-8H2,1H3. The molecule has 1 saturated carbocycles. The summed E-state index contributed by atoms with van der Waals surface area (Å²) in [4.78, 5) is 12.2. The van der Waals surface area contributed by atoms with Crippen LogP contribution in [0.25, 0.3) is 0 Å². The van der Waals surface area contributed by atoms with Gasteiger partial charge in [-0.3, -0.25) is 4.79 Å². The zero-order chi connectivity index (χ0) is 12.5. The monoisotopic (exact) mass is 272 g/mol. The van der Waals surface area contributed by atoms with Gasteiger partial charge in [0.25, 0.3) is 0 Å². The van der Waals surface area contributed by atoms with Crippen LogP contribution in [0.4, 0.5) is 0 Å². The second-order valence-electron chi connectivity index (χ2n) is 4.36. The first kappa shape index (κ1) is 12.9. The van der Waals surface area contributed by atoms with Crippen molar-refractivity contribution < 1.29 is 9.53 Å². The average Bonchev–Trinajstić information content (AvgIpc) is 2.24. The van der Waals surface area contributed by atoms with Gasteiger partial charge in [-0.25, -0.2) is 0 Å². The third-order valence-corrected chi connectivity index (χ3v) is 4.30. The van der Waals surface area contributed by atoms with Crippen LogP contribution >= 0.6 is 23.2 Å². The molecule has 1 aromatic rings. The van der Waals surface area contributed by atoms with Gasteiger partial charge in [0.05, 0.1) is 10.0 Å². The molecule has 0 N–H and O–H groups in total. The van der Waals surface area contributed by atoms with E-state index >= 15 is 0 Å². The zero-order valence-electron chi connectivity index (χ0n) is 9.63. The molecule has 0 atom stereocenters. The SMILES string of the molecule is COC1(C(=O)Cc2cccc(Cl)c2Cl)CCC1. The highest BCUT2D eigenvalue weighted by atomic mass is 35.5. The van der Waals surface area contributed by atoms with Crippen molar-refractivity contribution in [3.8, 4) is 0 Å². The second kappa shape index (κ2) is 4.97. The summed E-state index contributed by atoms with van der Waals surface area (Å²) in [6.07, 6.45) is 2.94. The molecule has 0 aliphatic heterocycles. The molecule has 0 unspecified atom stereocenters. The van der Waals surface area contributed by atoms with Crippen molar-refractivity contribution in [2.75, 3.05) is 7.11 Å². The normalized spacial score (nSPS) is 17.6. The van der Waals surface area contributed by atoms with Crippen LogP contribution in [0.3, 0.4) is 0 Å². The molecule has 0 spiro atoms. The average molecular weight is 273 g/mol. The number of rotatable bonds is 4. The van der Waals surface area contributed by atoms with E-state index in [1.807, 2.05) is 6.07 Å². The molecule has 2 rings (SSSR count). The van der Waals surface area contributed by atoms with Crippen LogP contribution < -0.4 is 0 Å². The molecule has 1 aromatic carbocycles. The van der Waals surface area contributed by atoms with Crippen LogP contribution in [0.2, 0.25) is 10.0 Å². The van der Waals surface area contributed by atoms with Gasteiger partial charge < -0.3 is 4.74 Å². The van der Waals surface area contributed by atoms with Gasteiger partial charge in [-0.15, -0.1) is 0 Å². The number of hydrogen-bond donors (Lipinski definition) is 0. The van der Waals surface area contributed by atoms with Crippen molar-refractivity contribution in [1.29, 1.82) is 0 Å². The maximum Gasteiger partial charge on any atom is 0.169 e. The summed E-state index contributed by atoms with van der Waals surface area (Å²) in [5.74, 6) is 0.0930. The molecule has 0 radical (unpaired) electrons.